The van der Waals surface area contributed by atoms with Crippen molar-refractivity contribution in [1.29, 1.82) is 0 Å². The summed E-state index contributed by atoms with van der Waals surface area (Å²) in [5.74, 6) is 1.23. The monoisotopic (exact) mass is 349 g/mol. The normalized spacial score (nSPS) is 14.2. The maximum absolute atomic E-state index is 13.3. The topological polar surface area (TPSA) is 21.3 Å². The second kappa shape index (κ2) is 6.16. The molecule has 0 aromatic heterocycles. The van der Waals surface area contributed by atoms with Gasteiger partial charge in [-0.1, -0.05) is 22.0 Å². The molecule has 0 heterocycles. The molecular formula is C17H17BrFNO. The SMILES string of the molecule is Cc1cc(Oc2cc(Br)ccc2CNC2CC2)ccc1F. The molecule has 0 amide bonds. The van der Waals surface area contributed by atoms with Gasteiger partial charge in [-0.2, -0.15) is 0 Å². The van der Waals surface area contributed by atoms with Crippen LogP contribution in [0.15, 0.2) is 40.9 Å². The Bertz CT molecular complexity index is 655. The van der Waals surface area contributed by atoms with Crippen LogP contribution in [0.1, 0.15) is 24.0 Å². The molecule has 0 saturated heterocycles. The average Bonchev–Trinajstić information content (AvgIpc) is 3.26. The number of halogens is 2. The molecule has 21 heavy (non-hydrogen) atoms. The summed E-state index contributed by atoms with van der Waals surface area (Å²) >= 11 is 3.47. The summed E-state index contributed by atoms with van der Waals surface area (Å²) < 4.78 is 20.2. The molecule has 0 unspecified atom stereocenters. The highest BCUT2D eigenvalue weighted by atomic mass is 79.9. The van der Waals surface area contributed by atoms with Crippen LogP contribution in [0.25, 0.3) is 0 Å². The van der Waals surface area contributed by atoms with E-state index in [1.807, 2.05) is 18.2 Å². The molecule has 1 fully saturated rings. The number of hydrogen-bond acceptors (Lipinski definition) is 2. The van der Waals surface area contributed by atoms with E-state index in [4.69, 9.17) is 4.74 Å². The fourth-order valence-corrected chi connectivity index (χ4v) is 2.46. The molecule has 1 N–H and O–H groups in total. The highest BCUT2D eigenvalue weighted by Crippen LogP contribution is 2.30. The fourth-order valence-electron chi connectivity index (χ4n) is 2.12. The van der Waals surface area contributed by atoms with Gasteiger partial charge in [-0.3, -0.25) is 0 Å². The third-order valence-electron chi connectivity index (χ3n) is 3.54. The van der Waals surface area contributed by atoms with E-state index < -0.39 is 0 Å². The lowest BCUT2D eigenvalue weighted by Crippen LogP contribution is -2.15. The Balaban J connectivity index is 1.81. The predicted octanol–water partition coefficient (Wildman–Crippen LogP) is 4.94. The van der Waals surface area contributed by atoms with Crippen molar-refractivity contribution >= 4 is 15.9 Å². The van der Waals surface area contributed by atoms with Gasteiger partial charge in [0.2, 0.25) is 0 Å². The molecule has 2 nitrogen and oxygen atoms in total. The standard InChI is InChI=1S/C17H17BrFNO/c1-11-8-15(6-7-16(11)19)21-17-9-13(18)3-2-12(17)10-20-14-4-5-14/h2-3,6-9,14,20H,4-5,10H2,1H3. The van der Waals surface area contributed by atoms with Crippen LogP contribution in [0, 0.1) is 12.7 Å². The van der Waals surface area contributed by atoms with Gasteiger partial charge in [-0.15, -0.1) is 0 Å². The Morgan fingerprint density at radius 2 is 2.05 bits per heavy atom. The number of rotatable bonds is 5. The first-order chi connectivity index (χ1) is 10.1. The van der Waals surface area contributed by atoms with Gasteiger partial charge >= 0.3 is 0 Å². The van der Waals surface area contributed by atoms with Crippen molar-refractivity contribution in [2.75, 3.05) is 0 Å². The van der Waals surface area contributed by atoms with E-state index in [9.17, 15) is 4.39 Å². The number of aryl methyl sites for hydroxylation is 1. The van der Waals surface area contributed by atoms with Crippen molar-refractivity contribution in [3.63, 3.8) is 0 Å². The molecule has 0 aliphatic heterocycles. The molecule has 0 radical (unpaired) electrons. The number of ether oxygens (including phenoxy) is 1. The predicted molar refractivity (Wildman–Crippen MR) is 85.2 cm³/mol. The summed E-state index contributed by atoms with van der Waals surface area (Å²) in [5, 5.41) is 3.48. The number of benzene rings is 2. The Morgan fingerprint density at radius 3 is 2.76 bits per heavy atom. The number of nitrogens with one attached hydrogen (secondary N) is 1. The van der Waals surface area contributed by atoms with Crippen LogP contribution in [0.2, 0.25) is 0 Å². The summed E-state index contributed by atoms with van der Waals surface area (Å²) in [6.45, 7) is 2.52. The second-order valence-corrected chi connectivity index (χ2v) is 6.34. The van der Waals surface area contributed by atoms with Crippen molar-refractivity contribution in [2.45, 2.75) is 32.4 Å². The third kappa shape index (κ3) is 3.83. The van der Waals surface area contributed by atoms with Crippen LogP contribution in [0.3, 0.4) is 0 Å². The fraction of sp³-hybridized carbons (Fsp3) is 0.294. The Labute approximate surface area is 132 Å². The molecular weight excluding hydrogens is 333 g/mol. The lowest BCUT2D eigenvalue weighted by Gasteiger charge is -2.13. The van der Waals surface area contributed by atoms with E-state index in [2.05, 4.69) is 21.2 Å². The summed E-state index contributed by atoms with van der Waals surface area (Å²) in [7, 11) is 0. The van der Waals surface area contributed by atoms with Crippen LogP contribution in [0.4, 0.5) is 4.39 Å². The molecule has 1 aliphatic carbocycles. The van der Waals surface area contributed by atoms with Crippen LogP contribution in [0.5, 0.6) is 11.5 Å². The zero-order valence-corrected chi connectivity index (χ0v) is 13.4. The maximum Gasteiger partial charge on any atom is 0.133 e. The zero-order valence-electron chi connectivity index (χ0n) is 11.8. The zero-order chi connectivity index (χ0) is 14.8. The van der Waals surface area contributed by atoms with Gasteiger partial charge in [0, 0.05) is 22.6 Å². The lowest BCUT2D eigenvalue weighted by molar-refractivity contribution is 0.469. The first kappa shape index (κ1) is 14.5. The summed E-state index contributed by atoms with van der Waals surface area (Å²) in [4.78, 5) is 0. The van der Waals surface area contributed by atoms with Crippen LogP contribution in [-0.4, -0.2) is 6.04 Å². The molecule has 1 aliphatic rings. The van der Waals surface area contributed by atoms with E-state index in [0.717, 1.165) is 22.3 Å². The van der Waals surface area contributed by atoms with Gasteiger partial charge in [0.25, 0.3) is 0 Å². The van der Waals surface area contributed by atoms with Crippen molar-refractivity contribution in [2.24, 2.45) is 0 Å². The van der Waals surface area contributed by atoms with Crippen LogP contribution < -0.4 is 10.1 Å². The molecule has 2 aromatic rings. The molecule has 4 heteroatoms. The van der Waals surface area contributed by atoms with Crippen LogP contribution in [-0.2, 0) is 6.54 Å². The molecule has 1 saturated carbocycles. The van der Waals surface area contributed by atoms with E-state index in [1.54, 1.807) is 19.1 Å². The Kier molecular flexibility index (Phi) is 4.27. The molecule has 3 rings (SSSR count). The molecule has 0 atom stereocenters. The van der Waals surface area contributed by atoms with Gasteiger partial charge in [0.05, 0.1) is 0 Å². The largest absolute Gasteiger partial charge is 0.457 e. The van der Waals surface area contributed by atoms with Gasteiger partial charge in [0.15, 0.2) is 0 Å². The van der Waals surface area contributed by atoms with Crippen molar-refractivity contribution < 1.29 is 9.13 Å². The van der Waals surface area contributed by atoms with E-state index in [1.165, 1.54) is 18.9 Å². The van der Waals surface area contributed by atoms with Gasteiger partial charge < -0.3 is 10.1 Å². The highest BCUT2D eigenvalue weighted by molar-refractivity contribution is 9.10. The quantitative estimate of drug-likeness (QED) is 0.825. The van der Waals surface area contributed by atoms with Gasteiger partial charge in [0.1, 0.15) is 17.3 Å². The minimum Gasteiger partial charge on any atom is -0.457 e. The van der Waals surface area contributed by atoms with Crippen molar-refractivity contribution in [3.8, 4) is 11.5 Å². The average molecular weight is 350 g/mol. The summed E-state index contributed by atoms with van der Waals surface area (Å²) in [5.41, 5.74) is 1.69. The first-order valence-electron chi connectivity index (χ1n) is 7.07. The minimum atomic E-state index is -0.216. The van der Waals surface area contributed by atoms with E-state index in [-0.39, 0.29) is 5.82 Å². The van der Waals surface area contributed by atoms with Crippen LogP contribution >= 0.6 is 15.9 Å². The van der Waals surface area contributed by atoms with E-state index in [0.29, 0.717) is 17.4 Å². The minimum absolute atomic E-state index is 0.216. The van der Waals surface area contributed by atoms with Crippen molar-refractivity contribution in [3.05, 3.63) is 57.8 Å². The lowest BCUT2D eigenvalue weighted by atomic mass is 10.2. The molecule has 0 bridgehead atoms. The Morgan fingerprint density at radius 1 is 1.24 bits per heavy atom. The number of hydrogen-bond donors (Lipinski definition) is 1. The van der Waals surface area contributed by atoms with Crippen molar-refractivity contribution in [1.82, 2.24) is 5.32 Å². The summed E-state index contributed by atoms with van der Waals surface area (Å²) in [6, 6.07) is 11.5. The first-order valence-corrected chi connectivity index (χ1v) is 7.87. The smallest absolute Gasteiger partial charge is 0.133 e. The molecule has 2 aromatic carbocycles. The third-order valence-corrected chi connectivity index (χ3v) is 4.04. The highest BCUT2D eigenvalue weighted by Gasteiger charge is 2.20. The maximum atomic E-state index is 13.3. The second-order valence-electron chi connectivity index (χ2n) is 5.42. The van der Waals surface area contributed by atoms with E-state index >= 15 is 0 Å². The Hall–Kier alpha value is -1.39. The molecule has 110 valence electrons. The molecule has 0 spiro atoms. The summed E-state index contributed by atoms with van der Waals surface area (Å²) in [6.07, 6.45) is 2.51. The van der Waals surface area contributed by atoms with Gasteiger partial charge in [-0.05, 0) is 55.7 Å². The van der Waals surface area contributed by atoms with Gasteiger partial charge in [-0.25, -0.2) is 4.39 Å².